The fraction of sp³-hybridized carbons (Fsp3) is 0.412. The molecule has 0 aliphatic heterocycles. The molecular formula is C17H17N3O4S. The summed E-state index contributed by atoms with van der Waals surface area (Å²) in [6, 6.07) is 2.09. The molecule has 1 fully saturated rings. The van der Waals surface area contributed by atoms with Crippen LogP contribution in [0.3, 0.4) is 0 Å². The van der Waals surface area contributed by atoms with Crippen molar-refractivity contribution in [3.63, 3.8) is 0 Å². The number of aliphatic carboxylic acids is 1. The maximum Gasteiger partial charge on any atom is 0.306 e. The number of nitrogens with one attached hydrogen (secondary N) is 1. The van der Waals surface area contributed by atoms with Gasteiger partial charge in [0, 0.05) is 11.5 Å². The first-order chi connectivity index (χ1) is 12.0. The highest BCUT2D eigenvalue weighted by atomic mass is 32.1. The van der Waals surface area contributed by atoms with E-state index in [2.05, 4.69) is 16.4 Å². The Kier molecular flexibility index (Phi) is 4.86. The first kappa shape index (κ1) is 17.2. The van der Waals surface area contributed by atoms with E-state index >= 15 is 0 Å². The van der Waals surface area contributed by atoms with Gasteiger partial charge in [-0.25, -0.2) is 4.98 Å². The number of carbonyl (C=O) groups excluding carboxylic acids is 1. The molecule has 2 aromatic heterocycles. The Labute approximate surface area is 148 Å². The van der Waals surface area contributed by atoms with Gasteiger partial charge in [0.25, 0.3) is 0 Å². The Morgan fingerprint density at radius 1 is 1.40 bits per heavy atom. The van der Waals surface area contributed by atoms with Crippen molar-refractivity contribution in [3.05, 3.63) is 23.0 Å². The van der Waals surface area contributed by atoms with E-state index in [0.29, 0.717) is 35.0 Å². The summed E-state index contributed by atoms with van der Waals surface area (Å²) >= 11 is 1.10. The third-order valence-corrected chi connectivity index (χ3v) is 5.34. The van der Waals surface area contributed by atoms with Gasteiger partial charge in [0.1, 0.15) is 16.6 Å². The van der Waals surface area contributed by atoms with Crippen molar-refractivity contribution < 1.29 is 19.1 Å². The molecule has 2 heterocycles. The number of nitriles is 1. The van der Waals surface area contributed by atoms with Gasteiger partial charge in [-0.2, -0.15) is 5.26 Å². The molecule has 2 aromatic rings. The molecule has 0 aromatic carbocycles. The standard InChI is InChI=1S/C17H17N3O4S/c1-9-7-24-8-12(9)14-13(6-18)25-17(19-14)20-15(21)10-3-2-4-11(5-10)16(22)23/h7-8,10-11H,2-5H2,1H3,(H,22,23)(H,19,20,21)/t10-,11+/m1/s1. The zero-order chi connectivity index (χ0) is 18.0. The van der Waals surface area contributed by atoms with Gasteiger partial charge in [-0.05, 0) is 31.7 Å². The van der Waals surface area contributed by atoms with Crippen LogP contribution >= 0.6 is 11.3 Å². The monoisotopic (exact) mass is 359 g/mol. The smallest absolute Gasteiger partial charge is 0.306 e. The number of hydrogen-bond acceptors (Lipinski definition) is 6. The van der Waals surface area contributed by atoms with Gasteiger partial charge in [0.2, 0.25) is 5.91 Å². The second-order valence-corrected chi connectivity index (χ2v) is 7.16. The first-order valence-electron chi connectivity index (χ1n) is 7.97. The Bertz CT molecular complexity index is 848. The SMILES string of the molecule is Cc1cocc1-c1nc(NC(=O)[C@@H]2CCC[C@H](C(=O)O)C2)sc1C#N. The minimum absolute atomic E-state index is 0.236. The fourth-order valence-electron chi connectivity index (χ4n) is 3.09. The molecule has 0 saturated heterocycles. The zero-order valence-electron chi connectivity index (χ0n) is 13.6. The third kappa shape index (κ3) is 3.56. The van der Waals surface area contributed by atoms with Gasteiger partial charge in [0.15, 0.2) is 5.13 Å². The average Bonchev–Trinajstić information content (AvgIpc) is 3.20. The maximum absolute atomic E-state index is 12.5. The summed E-state index contributed by atoms with van der Waals surface area (Å²) in [6.07, 6.45) is 5.43. The molecule has 1 amide bonds. The van der Waals surface area contributed by atoms with Gasteiger partial charge in [-0.3, -0.25) is 9.59 Å². The largest absolute Gasteiger partial charge is 0.481 e. The van der Waals surface area contributed by atoms with Gasteiger partial charge in [-0.15, -0.1) is 0 Å². The van der Waals surface area contributed by atoms with Crippen LogP contribution in [-0.4, -0.2) is 22.0 Å². The Balaban J connectivity index is 1.76. The van der Waals surface area contributed by atoms with Gasteiger partial charge >= 0.3 is 5.97 Å². The molecule has 0 spiro atoms. The van der Waals surface area contributed by atoms with Crippen LogP contribution in [0.2, 0.25) is 0 Å². The van der Waals surface area contributed by atoms with Gasteiger partial charge < -0.3 is 14.8 Å². The molecule has 3 rings (SSSR count). The number of anilines is 1. The van der Waals surface area contributed by atoms with Crippen LogP contribution in [0.4, 0.5) is 5.13 Å². The van der Waals surface area contributed by atoms with Crippen molar-refractivity contribution in [1.29, 1.82) is 5.26 Å². The summed E-state index contributed by atoms with van der Waals surface area (Å²) in [6.45, 7) is 1.85. The lowest BCUT2D eigenvalue weighted by Crippen LogP contribution is -2.30. The molecule has 0 unspecified atom stereocenters. The van der Waals surface area contributed by atoms with Crippen LogP contribution < -0.4 is 5.32 Å². The lowest BCUT2D eigenvalue weighted by Gasteiger charge is -2.25. The molecule has 0 bridgehead atoms. The fourth-order valence-corrected chi connectivity index (χ4v) is 3.87. The predicted octanol–water partition coefficient (Wildman–Crippen LogP) is 3.41. The first-order valence-corrected chi connectivity index (χ1v) is 8.79. The Morgan fingerprint density at radius 2 is 2.16 bits per heavy atom. The van der Waals surface area contributed by atoms with Crippen LogP contribution in [0, 0.1) is 30.1 Å². The highest BCUT2D eigenvalue weighted by molar-refractivity contribution is 7.16. The number of carboxylic acid groups (broad SMARTS) is 1. The van der Waals surface area contributed by atoms with Crippen molar-refractivity contribution in [1.82, 2.24) is 4.98 Å². The molecule has 1 aliphatic carbocycles. The van der Waals surface area contributed by atoms with Crippen molar-refractivity contribution in [2.75, 3.05) is 5.32 Å². The number of furan rings is 1. The van der Waals surface area contributed by atoms with Crippen LogP contribution in [0.15, 0.2) is 16.9 Å². The second-order valence-electron chi connectivity index (χ2n) is 6.16. The number of aromatic nitrogens is 1. The number of rotatable bonds is 4. The summed E-state index contributed by atoms with van der Waals surface area (Å²) < 4.78 is 5.13. The van der Waals surface area contributed by atoms with E-state index in [0.717, 1.165) is 28.9 Å². The van der Waals surface area contributed by atoms with Crippen LogP contribution in [-0.2, 0) is 9.59 Å². The molecule has 0 radical (unpaired) electrons. The number of nitrogens with zero attached hydrogens (tertiary/aromatic N) is 2. The van der Waals surface area contributed by atoms with E-state index in [-0.39, 0.29) is 11.8 Å². The molecule has 7 nitrogen and oxygen atoms in total. The summed E-state index contributed by atoms with van der Waals surface area (Å²) in [4.78, 5) is 28.4. The third-order valence-electron chi connectivity index (χ3n) is 4.46. The average molecular weight is 359 g/mol. The van der Waals surface area contributed by atoms with Crippen molar-refractivity contribution in [2.24, 2.45) is 11.8 Å². The van der Waals surface area contributed by atoms with Crippen LogP contribution in [0.25, 0.3) is 11.3 Å². The molecule has 2 atom stereocenters. The lowest BCUT2D eigenvalue weighted by atomic mass is 9.81. The maximum atomic E-state index is 12.5. The van der Waals surface area contributed by atoms with Crippen molar-refractivity contribution in [3.8, 4) is 17.3 Å². The van der Waals surface area contributed by atoms with E-state index in [1.165, 1.54) is 6.26 Å². The van der Waals surface area contributed by atoms with E-state index in [9.17, 15) is 14.9 Å². The van der Waals surface area contributed by atoms with Crippen molar-refractivity contribution in [2.45, 2.75) is 32.6 Å². The van der Waals surface area contributed by atoms with E-state index in [1.807, 2.05) is 6.92 Å². The molecule has 1 aliphatic rings. The van der Waals surface area contributed by atoms with Gasteiger partial charge in [0.05, 0.1) is 18.4 Å². The van der Waals surface area contributed by atoms with E-state index in [4.69, 9.17) is 9.52 Å². The van der Waals surface area contributed by atoms with Crippen LogP contribution in [0.1, 0.15) is 36.1 Å². The second kappa shape index (κ2) is 7.07. The Hall–Kier alpha value is -2.66. The van der Waals surface area contributed by atoms with Crippen molar-refractivity contribution >= 4 is 28.3 Å². The minimum atomic E-state index is -0.851. The number of amides is 1. The number of carboxylic acids is 1. The number of aryl methyl sites for hydroxylation is 1. The quantitative estimate of drug-likeness (QED) is 0.864. The summed E-state index contributed by atoms with van der Waals surface area (Å²) in [5.41, 5.74) is 2.06. The molecular weight excluding hydrogens is 342 g/mol. The van der Waals surface area contributed by atoms with E-state index in [1.54, 1.807) is 6.26 Å². The van der Waals surface area contributed by atoms with Gasteiger partial charge in [-0.1, -0.05) is 17.8 Å². The summed E-state index contributed by atoms with van der Waals surface area (Å²) in [7, 11) is 0. The molecule has 130 valence electrons. The zero-order valence-corrected chi connectivity index (χ0v) is 14.4. The number of hydrogen-bond donors (Lipinski definition) is 2. The molecule has 25 heavy (non-hydrogen) atoms. The number of carbonyl (C=O) groups is 2. The molecule has 8 heteroatoms. The normalized spacial score (nSPS) is 20.0. The highest BCUT2D eigenvalue weighted by Gasteiger charge is 2.31. The Morgan fingerprint density at radius 3 is 2.80 bits per heavy atom. The summed E-state index contributed by atoms with van der Waals surface area (Å²) in [5, 5.41) is 21.5. The lowest BCUT2D eigenvalue weighted by molar-refractivity contribution is -0.143. The topological polar surface area (TPSA) is 116 Å². The number of thiazole rings is 1. The van der Waals surface area contributed by atoms with Crippen LogP contribution in [0.5, 0.6) is 0 Å². The highest BCUT2D eigenvalue weighted by Crippen LogP contribution is 2.34. The molecule has 2 N–H and O–H groups in total. The minimum Gasteiger partial charge on any atom is -0.481 e. The predicted molar refractivity (Wildman–Crippen MR) is 91.0 cm³/mol. The summed E-state index contributed by atoms with van der Waals surface area (Å²) in [5.74, 6) is -1.90. The van der Waals surface area contributed by atoms with E-state index < -0.39 is 11.9 Å². The molecule has 1 saturated carbocycles.